The van der Waals surface area contributed by atoms with Crippen molar-refractivity contribution in [2.24, 2.45) is 23.7 Å². The van der Waals surface area contributed by atoms with Crippen molar-refractivity contribution >= 4 is 39.5 Å². The van der Waals surface area contributed by atoms with Crippen molar-refractivity contribution in [2.45, 2.75) is 343 Å². The predicted molar refractivity (Wildman–Crippen MR) is 344 cm³/mol. The highest BCUT2D eigenvalue weighted by atomic mass is 31.2. The van der Waals surface area contributed by atoms with Crippen LogP contribution in [0.25, 0.3) is 0 Å². The SMILES string of the molecule is CCC(C)CCCCCCCCC(=O)O[C@H](COC(=O)CCCCCCCCCC(C)C)COP(=O)(O)OCC(O)COP(=O)(O)OC[C@@H](COC(=O)CCCCCCCCCCCC(C)C)OC(=O)CCCCCCCCCCCCCC(C)C. The molecule has 0 bridgehead atoms. The van der Waals surface area contributed by atoms with Crippen molar-refractivity contribution in [1.82, 2.24) is 0 Å². The smallest absolute Gasteiger partial charge is 0.462 e. The number of carbonyl (C=O) groups excluding carboxylic acids is 4. The molecule has 0 rings (SSSR count). The summed E-state index contributed by atoms with van der Waals surface area (Å²) in [5, 5.41) is 10.6. The van der Waals surface area contributed by atoms with E-state index in [0.717, 1.165) is 114 Å². The molecule has 0 radical (unpaired) electrons. The van der Waals surface area contributed by atoms with E-state index in [9.17, 15) is 43.2 Å². The Bertz CT molecular complexity index is 1720. The van der Waals surface area contributed by atoms with E-state index in [1.807, 2.05) is 0 Å². The number of phosphoric ester groups is 2. The molecule has 0 aliphatic heterocycles. The fourth-order valence-corrected chi connectivity index (χ4v) is 11.5. The summed E-state index contributed by atoms with van der Waals surface area (Å²) in [4.78, 5) is 72.4. The first kappa shape index (κ1) is 84.1. The number of phosphoric acid groups is 2. The molecular weight excluding hydrogens is 1140 g/mol. The van der Waals surface area contributed by atoms with Gasteiger partial charge in [0.25, 0.3) is 0 Å². The van der Waals surface area contributed by atoms with Gasteiger partial charge in [0.1, 0.15) is 19.3 Å². The quantitative estimate of drug-likeness (QED) is 0.0222. The third-order valence-electron chi connectivity index (χ3n) is 15.7. The van der Waals surface area contributed by atoms with Crippen molar-refractivity contribution in [1.29, 1.82) is 0 Å². The Morgan fingerprint density at radius 2 is 0.558 bits per heavy atom. The Balaban J connectivity index is 5.26. The van der Waals surface area contributed by atoms with E-state index >= 15 is 0 Å². The van der Waals surface area contributed by atoms with Crippen LogP contribution in [0.2, 0.25) is 0 Å². The van der Waals surface area contributed by atoms with E-state index in [1.54, 1.807) is 0 Å². The fourth-order valence-electron chi connectivity index (χ4n) is 9.93. The molecule has 0 aliphatic rings. The molecule has 0 spiro atoms. The lowest BCUT2D eigenvalue weighted by atomic mass is 10.00. The summed E-state index contributed by atoms with van der Waals surface area (Å²) in [5.41, 5.74) is 0. The van der Waals surface area contributed by atoms with Crippen LogP contribution in [0, 0.1) is 23.7 Å². The molecule has 86 heavy (non-hydrogen) atoms. The molecular formula is C67H130O17P2. The van der Waals surface area contributed by atoms with Gasteiger partial charge in [-0.15, -0.1) is 0 Å². The molecule has 4 unspecified atom stereocenters. The highest BCUT2D eigenvalue weighted by Gasteiger charge is 2.30. The molecule has 0 heterocycles. The van der Waals surface area contributed by atoms with Gasteiger partial charge in [-0.3, -0.25) is 37.3 Å². The molecule has 3 N–H and O–H groups in total. The summed E-state index contributed by atoms with van der Waals surface area (Å²) >= 11 is 0. The largest absolute Gasteiger partial charge is 0.472 e. The maximum atomic E-state index is 13.0. The summed E-state index contributed by atoms with van der Waals surface area (Å²) in [6, 6.07) is 0. The number of rotatable bonds is 64. The molecule has 0 fully saturated rings. The number of esters is 4. The van der Waals surface area contributed by atoms with Crippen LogP contribution in [0.3, 0.4) is 0 Å². The van der Waals surface area contributed by atoms with Gasteiger partial charge < -0.3 is 33.8 Å². The maximum absolute atomic E-state index is 13.0. The number of ether oxygens (including phenoxy) is 4. The topological polar surface area (TPSA) is 237 Å². The van der Waals surface area contributed by atoms with Gasteiger partial charge in [-0.25, -0.2) is 9.13 Å². The number of aliphatic hydroxyl groups is 1. The minimum Gasteiger partial charge on any atom is -0.462 e. The Morgan fingerprint density at radius 1 is 0.326 bits per heavy atom. The van der Waals surface area contributed by atoms with E-state index in [4.69, 9.17) is 37.0 Å². The van der Waals surface area contributed by atoms with Crippen LogP contribution in [-0.4, -0.2) is 96.7 Å². The summed E-state index contributed by atoms with van der Waals surface area (Å²) in [5.74, 6) is 0.797. The standard InChI is InChI=1S/C67H130O17P2/c1-9-60(8)46-38-30-25-26-34-42-50-67(72)84-63(54-78-65(70)48-40-32-24-18-21-29-37-45-59(6)7)56-82-86(75,76)80-52-61(68)51-79-85(73,74)81-55-62(53-77-64(69)47-39-31-22-17-13-15-20-28-36-44-58(4)5)83-66(71)49-41-33-23-16-12-10-11-14-19-27-35-43-57(2)3/h57-63,68H,9-56H2,1-8H3,(H,73,74)(H,75,76)/t60?,61?,62-,63-/m1/s1. The minimum absolute atomic E-state index is 0.102. The lowest BCUT2D eigenvalue weighted by molar-refractivity contribution is -0.161. The zero-order valence-electron chi connectivity index (χ0n) is 55.9. The van der Waals surface area contributed by atoms with Crippen molar-refractivity contribution < 1.29 is 80.2 Å². The van der Waals surface area contributed by atoms with Gasteiger partial charge in [-0.05, 0) is 49.4 Å². The molecule has 0 aliphatic carbocycles. The Hall–Kier alpha value is -1.94. The van der Waals surface area contributed by atoms with Crippen molar-refractivity contribution in [2.75, 3.05) is 39.6 Å². The highest BCUT2D eigenvalue weighted by molar-refractivity contribution is 7.47. The lowest BCUT2D eigenvalue weighted by Gasteiger charge is -2.21. The van der Waals surface area contributed by atoms with Crippen LogP contribution < -0.4 is 0 Å². The van der Waals surface area contributed by atoms with E-state index < -0.39 is 97.5 Å². The van der Waals surface area contributed by atoms with Crippen LogP contribution in [0.5, 0.6) is 0 Å². The van der Waals surface area contributed by atoms with Crippen LogP contribution in [0.1, 0.15) is 325 Å². The first-order valence-electron chi connectivity index (χ1n) is 34.7. The Morgan fingerprint density at radius 3 is 0.826 bits per heavy atom. The van der Waals surface area contributed by atoms with Crippen LogP contribution in [0.4, 0.5) is 0 Å². The Labute approximate surface area is 524 Å². The normalized spacial score (nSPS) is 14.7. The highest BCUT2D eigenvalue weighted by Crippen LogP contribution is 2.45. The molecule has 6 atom stereocenters. The monoisotopic (exact) mass is 1270 g/mol. The average molecular weight is 1270 g/mol. The second-order valence-electron chi connectivity index (χ2n) is 25.9. The average Bonchev–Trinajstić information content (AvgIpc) is 3.63. The summed E-state index contributed by atoms with van der Waals surface area (Å²) in [7, 11) is -9.90. The van der Waals surface area contributed by atoms with Gasteiger partial charge in [0.2, 0.25) is 0 Å². The summed E-state index contributed by atoms with van der Waals surface area (Å²) in [6.45, 7) is 14.0. The number of carbonyl (C=O) groups is 4. The third kappa shape index (κ3) is 59.7. The van der Waals surface area contributed by atoms with Crippen LogP contribution >= 0.6 is 15.6 Å². The van der Waals surface area contributed by atoms with Crippen molar-refractivity contribution in [3.63, 3.8) is 0 Å². The number of aliphatic hydroxyl groups excluding tert-OH is 1. The van der Waals surface area contributed by atoms with E-state index in [-0.39, 0.29) is 25.7 Å². The summed E-state index contributed by atoms with van der Waals surface area (Å²) < 4.78 is 68.1. The van der Waals surface area contributed by atoms with Crippen LogP contribution in [-0.2, 0) is 65.4 Å². The van der Waals surface area contributed by atoms with E-state index in [1.165, 1.54) is 122 Å². The van der Waals surface area contributed by atoms with Crippen LogP contribution in [0.15, 0.2) is 0 Å². The second-order valence-corrected chi connectivity index (χ2v) is 28.8. The van der Waals surface area contributed by atoms with Crippen molar-refractivity contribution in [3.05, 3.63) is 0 Å². The lowest BCUT2D eigenvalue weighted by Crippen LogP contribution is -2.30. The van der Waals surface area contributed by atoms with Crippen molar-refractivity contribution in [3.8, 4) is 0 Å². The van der Waals surface area contributed by atoms with Gasteiger partial charge in [0.05, 0.1) is 26.4 Å². The molecule has 0 aromatic carbocycles. The van der Waals surface area contributed by atoms with E-state index in [2.05, 4.69) is 55.4 Å². The predicted octanol–water partition coefficient (Wildman–Crippen LogP) is 18.5. The Kier molecular flexibility index (Phi) is 55.7. The number of hydrogen-bond donors (Lipinski definition) is 3. The van der Waals surface area contributed by atoms with Gasteiger partial charge in [-0.2, -0.15) is 0 Å². The first-order chi connectivity index (χ1) is 41.1. The second kappa shape index (κ2) is 57.0. The van der Waals surface area contributed by atoms with E-state index in [0.29, 0.717) is 31.6 Å². The molecule has 0 saturated heterocycles. The molecule has 510 valence electrons. The van der Waals surface area contributed by atoms with Gasteiger partial charge in [0, 0.05) is 25.7 Å². The molecule has 0 amide bonds. The van der Waals surface area contributed by atoms with Gasteiger partial charge in [-0.1, -0.05) is 274 Å². The fraction of sp³-hybridized carbons (Fsp3) is 0.940. The maximum Gasteiger partial charge on any atom is 0.472 e. The number of unbranched alkanes of at least 4 members (excludes halogenated alkanes) is 29. The molecule has 19 heteroatoms. The third-order valence-corrected chi connectivity index (χ3v) is 17.6. The first-order valence-corrected chi connectivity index (χ1v) is 37.7. The van der Waals surface area contributed by atoms with Gasteiger partial charge in [0.15, 0.2) is 12.2 Å². The molecule has 0 saturated carbocycles. The minimum atomic E-state index is -4.95. The molecule has 0 aromatic rings. The zero-order valence-corrected chi connectivity index (χ0v) is 57.7. The molecule has 17 nitrogen and oxygen atoms in total. The summed E-state index contributed by atoms with van der Waals surface area (Å²) in [6.07, 6.45) is 37.7. The van der Waals surface area contributed by atoms with Gasteiger partial charge >= 0.3 is 39.5 Å². The number of hydrogen-bond acceptors (Lipinski definition) is 15. The zero-order chi connectivity index (χ0) is 63.9. The molecule has 0 aromatic heterocycles.